The van der Waals surface area contributed by atoms with Gasteiger partial charge in [0.25, 0.3) is 0 Å². The maximum Gasteiger partial charge on any atom is 0.309 e. The van der Waals surface area contributed by atoms with E-state index in [0.29, 0.717) is 25.7 Å². The molecule has 6 heteroatoms. The monoisotopic (exact) mass is 528 g/mol. The molecule has 0 aromatic rings. The van der Waals surface area contributed by atoms with E-state index in [1.54, 1.807) is 0 Å². The van der Waals surface area contributed by atoms with E-state index < -0.39 is 28.3 Å². The second-order valence-corrected chi connectivity index (χ2v) is 15.6. The van der Waals surface area contributed by atoms with E-state index >= 15 is 0 Å². The molecule has 0 aliphatic heterocycles. The zero-order valence-electron chi connectivity index (χ0n) is 24.6. The Morgan fingerprint density at radius 3 is 2.21 bits per heavy atom. The molecule has 0 bridgehead atoms. The van der Waals surface area contributed by atoms with E-state index in [-0.39, 0.29) is 51.9 Å². The highest BCUT2D eigenvalue weighted by Gasteiger charge is 2.73. The molecule has 0 saturated heterocycles. The van der Waals surface area contributed by atoms with Gasteiger partial charge in [-0.1, -0.05) is 47.1 Å². The summed E-state index contributed by atoms with van der Waals surface area (Å²) >= 11 is 0. The average Bonchev–Trinajstić information content (AvgIpc) is 2.80. The van der Waals surface area contributed by atoms with Crippen LogP contribution in [-0.2, 0) is 19.1 Å². The molecule has 0 spiro atoms. The lowest BCUT2D eigenvalue weighted by Gasteiger charge is -2.71. The van der Waals surface area contributed by atoms with E-state index in [1.165, 1.54) is 6.92 Å². The number of carboxylic acids is 1. The summed E-state index contributed by atoms with van der Waals surface area (Å²) in [6.07, 6.45) is 6.96. The second-order valence-electron chi connectivity index (χ2n) is 15.6. The smallest absolute Gasteiger partial charge is 0.309 e. The van der Waals surface area contributed by atoms with Gasteiger partial charge in [-0.2, -0.15) is 0 Å². The fourth-order valence-electron chi connectivity index (χ4n) is 10.7. The number of aliphatic hydroxyl groups is 1. The Hall–Kier alpha value is -1.69. The fourth-order valence-corrected chi connectivity index (χ4v) is 10.7. The van der Waals surface area contributed by atoms with Crippen molar-refractivity contribution < 1.29 is 29.3 Å². The van der Waals surface area contributed by atoms with Crippen LogP contribution in [0, 0.1) is 50.2 Å². The van der Waals surface area contributed by atoms with Crippen molar-refractivity contribution in [1.29, 1.82) is 0 Å². The zero-order valence-corrected chi connectivity index (χ0v) is 24.6. The Labute approximate surface area is 228 Å². The highest BCUT2D eigenvalue weighted by atomic mass is 16.5. The minimum atomic E-state index is -0.800. The largest absolute Gasteiger partial charge is 0.481 e. The summed E-state index contributed by atoms with van der Waals surface area (Å²) in [5.41, 5.74) is -1.48. The van der Waals surface area contributed by atoms with E-state index in [2.05, 4.69) is 41.5 Å². The first kappa shape index (κ1) is 27.9. The first-order valence-corrected chi connectivity index (χ1v) is 14.7. The summed E-state index contributed by atoms with van der Waals surface area (Å²) in [6.45, 7) is 16.5. The quantitative estimate of drug-likeness (QED) is 0.429. The number of hydrogen-bond donors (Lipinski definition) is 2. The minimum Gasteiger partial charge on any atom is -0.481 e. The number of fused-ring (bicyclic) bond motifs is 7. The second kappa shape index (κ2) is 8.17. The molecule has 212 valence electrons. The Balaban J connectivity index is 1.62. The molecule has 0 aromatic heterocycles. The molecule has 5 aliphatic rings. The van der Waals surface area contributed by atoms with Gasteiger partial charge in [-0.15, -0.1) is 0 Å². The molecule has 4 fully saturated rings. The number of aliphatic carboxylic acids is 1. The molecule has 0 radical (unpaired) electrons. The molecule has 0 aromatic carbocycles. The third-order valence-corrected chi connectivity index (χ3v) is 13.4. The predicted molar refractivity (Wildman–Crippen MR) is 144 cm³/mol. The lowest BCUT2D eigenvalue weighted by molar-refractivity contribution is -0.241. The number of hydrogen-bond acceptors (Lipinski definition) is 5. The number of carbonyl (C=O) groups is 3. The van der Waals surface area contributed by atoms with Crippen LogP contribution in [0.2, 0.25) is 0 Å². The van der Waals surface area contributed by atoms with Gasteiger partial charge in [-0.3, -0.25) is 14.4 Å². The molecule has 6 nitrogen and oxygen atoms in total. The zero-order chi connectivity index (χ0) is 28.3. The number of carbonyl (C=O) groups excluding carboxylic acids is 2. The van der Waals surface area contributed by atoms with Crippen LogP contribution < -0.4 is 0 Å². The van der Waals surface area contributed by atoms with Crippen LogP contribution in [0.25, 0.3) is 0 Å². The van der Waals surface area contributed by atoms with Crippen LogP contribution in [0.1, 0.15) is 107 Å². The topological polar surface area (TPSA) is 101 Å². The van der Waals surface area contributed by atoms with Crippen molar-refractivity contribution in [3.05, 3.63) is 11.6 Å². The fraction of sp³-hybridized carbons (Fsp3) is 0.844. The standard InChI is InChI=1S/C32H48O6/c1-18(33)38-24-9-10-30(6)22(27(24,2)3)16-23(35)32(8)25(30)21(34)15-19-20-17-29(5,26(36)37)12-11-28(20,4)13-14-31(19,32)7/h15,20,22-25,35H,9-14,16-17H2,1-8H3,(H,36,37)/t20-,22?,23+,24+,25-,28-,29+,30+,31-,32-/m1/s1. The molecular weight excluding hydrogens is 480 g/mol. The number of aliphatic hydroxyl groups excluding tert-OH is 1. The van der Waals surface area contributed by atoms with E-state index in [1.807, 2.05) is 13.0 Å². The molecule has 0 amide bonds. The van der Waals surface area contributed by atoms with Gasteiger partial charge in [-0.25, -0.2) is 0 Å². The van der Waals surface area contributed by atoms with Crippen LogP contribution in [-0.4, -0.2) is 40.1 Å². The third-order valence-electron chi connectivity index (χ3n) is 13.4. The normalized spacial score (nSPS) is 51.4. The van der Waals surface area contributed by atoms with Gasteiger partial charge in [0.2, 0.25) is 0 Å². The van der Waals surface area contributed by atoms with Gasteiger partial charge < -0.3 is 14.9 Å². The van der Waals surface area contributed by atoms with Gasteiger partial charge in [0.05, 0.1) is 11.5 Å². The molecule has 5 rings (SSSR count). The van der Waals surface area contributed by atoms with E-state index in [0.717, 1.165) is 31.3 Å². The number of ether oxygens (including phenoxy) is 1. The van der Waals surface area contributed by atoms with Crippen LogP contribution in [0.5, 0.6) is 0 Å². The number of rotatable bonds is 2. The van der Waals surface area contributed by atoms with Gasteiger partial charge in [0, 0.05) is 23.7 Å². The predicted octanol–water partition coefficient (Wildman–Crippen LogP) is 5.95. The van der Waals surface area contributed by atoms with Crippen LogP contribution >= 0.6 is 0 Å². The van der Waals surface area contributed by atoms with Crippen LogP contribution in [0.3, 0.4) is 0 Å². The highest BCUT2D eigenvalue weighted by Crippen LogP contribution is 2.75. The Morgan fingerprint density at radius 1 is 0.974 bits per heavy atom. The number of ketones is 1. The van der Waals surface area contributed by atoms with E-state index in [9.17, 15) is 24.6 Å². The lowest BCUT2D eigenvalue weighted by Crippen LogP contribution is -2.70. The molecule has 10 atom stereocenters. The molecular formula is C32H48O6. The summed E-state index contributed by atoms with van der Waals surface area (Å²) in [7, 11) is 0. The summed E-state index contributed by atoms with van der Waals surface area (Å²) in [5, 5.41) is 22.2. The minimum absolute atomic E-state index is 0.0201. The molecule has 5 aliphatic carbocycles. The van der Waals surface area contributed by atoms with Crippen molar-refractivity contribution in [2.24, 2.45) is 50.2 Å². The van der Waals surface area contributed by atoms with Gasteiger partial charge in [0.15, 0.2) is 5.78 Å². The number of carboxylic acid groups (broad SMARTS) is 1. The van der Waals surface area contributed by atoms with Gasteiger partial charge in [0.1, 0.15) is 6.10 Å². The maximum absolute atomic E-state index is 14.4. The van der Waals surface area contributed by atoms with E-state index in [4.69, 9.17) is 4.74 Å². The summed E-state index contributed by atoms with van der Waals surface area (Å²) < 4.78 is 5.77. The molecule has 2 N–H and O–H groups in total. The Bertz CT molecular complexity index is 1110. The van der Waals surface area contributed by atoms with Crippen molar-refractivity contribution >= 4 is 17.7 Å². The molecule has 1 unspecified atom stereocenters. The van der Waals surface area contributed by atoms with Gasteiger partial charge >= 0.3 is 11.9 Å². The maximum atomic E-state index is 14.4. The van der Waals surface area contributed by atoms with Crippen molar-refractivity contribution in [2.75, 3.05) is 0 Å². The van der Waals surface area contributed by atoms with Crippen LogP contribution in [0.15, 0.2) is 11.6 Å². The highest BCUT2D eigenvalue weighted by molar-refractivity contribution is 5.96. The Morgan fingerprint density at radius 2 is 1.61 bits per heavy atom. The number of esters is 1. The molecule has 0 heterocycles. The molecule has 38 heavy (non-hydrogen) atoms. The summed E-state index contributed by atoms with van der Waals surface area (Å²) in [5.74, 6) is -1.23. The van der Waals surface area contributed by atoms with Crippen molar-refractivity contribution in [3.63, 3.8) is 0 Å². The first-order valence-electron chi connectivity index (χ1n) is 14.7. The lowest BCUT2D eigenvalue weighted by atomic mass is 9.33. The SMILES string of the molecule is CC(=O)O[C@H]1CC[C@@]2(C)C(C[C@H](O)[C@]3(C)[C@@H]2C(=O)C=C2[C@H]4C[C@@](C)(C(=O)O)CC[C@]4(C)CC[C@]23C)C1(C)C. The van der Waals surface area contributed by atoms with Crippen molar-refractivity contribution in [2.45, 2.75) is 119 Å². The third kappa shape index (κ3) is 3.37. The number of allylic oxidation sites excluding steroid dienone is 2. The average molecular weight is 529 g/mol. The Kier molecular flexibility index (Phi) is 5.99. The first-order chi connectivity index (χ1) is 17.4. The van der Waals surface area contributed by atoms with Gasteiger partial charge in [-0.05, 0) is 92.4 Å². The molecule has 4 saturated carbocycles. The summed E-state index contributed by atoms with van der Waals surface area (Å²) in [6, 6.07) is 0. The summed E-state index contributed by atoms with van der Waals surface area (Å²) in [4.78, 5) is 38.6. The van der Waals surface area contributed by atoms with Crippen molar-refractivity contribution in [1.82, 2.24) is 0 Å². The van der Waals surface area contributed by atoms with Crippen molar-refractivity contribution in [3.8, 4) is 0 Å². The van der Waals surface area contributed by atoms with Crippen LogP contribution in [0.4, 0.5) is 0 Å².